The lowest BCUT2D eigenvalue weighted by Gasteiger charge is -2.11. The number of carbonyl (C=O) groups excluding carboxylic acids is 1. The van der Waals surface area contributed by atoms with E-state index in [0.29, 0.717) is 0 Å². The molecule has 0 bridgehead atoms. The number of hydrogen-bond donors (Lipinski definition) is 2. The summed E-state index contributed by atoms with van der Waals surface area (Å²) in [5.74, 6) is -4.88. The van der Waals surface area contributed by atoms with Crippen LogP contribution in [-0.2, 0) is 4.79 Å². The Bertz CT molecular complexity index is 372. The predicted molar refractivity (Wildman–Crippen MR) is 48.6 cm³/mol. The van der Waals surface area contributed by atoms with Crippen molar-refractivity contribution in [3.8, 4) is 0 Å². The van der Waals surface area contributed by atoms with Crippen molar-refractivity contribution in [2.75, 3.05) is 5.32 Å². The summed E-state index contributed by atoms with van der Waals surface area (Å²) in [6, 6.07) is 0.699. The van der Waals surface area contributed by atoms with Gasteiger partial charge in [-0.15, -0.1) is 0 Å². The van der Waals surface area contributed by atoms with Crippen molar-refractivity contribution in [1.82, 2.24) is 0 Å². The van der Waals surface area contributed by atoms with Crippen LogP contribution in [0.3, 0.4) is 0 Å². The van der Waals surface area contributed by atoms with Gasteiger partial charge < -0.3 is 11.1 Å². The number of hydrogen-bond acceptors (Lipinski definition) is 2. The van der Waals surface area contributed by atoms with Crippen LogP contribution in [0.15, 0.2) is 12.1 Å². The highest BCUT2D eigenvalue weighted by atomic mass is 19.2. The highest BCUT2D eigenvalue weighted by molar-refractivity contribution is 5.82. The van der Waals surface area contributed by atoms with Gasteiger partial charge in [0.25, 0.3) is 0 Å². The van der Waals surface area contributed by atoms with Crippen molar-refractivity contribution in [2.24, 2.45) is 5.73 Å². The largest absolute Gasteiger partial charge is 0.374 e. The molecular weight excluding hydrogens is 209 g/mol. The van der Waals surface area contributed by atoms with Gasteiger partial charge in [0.05, 0.1) is 0 Å². The van der Waals surface area contributed by atoms with E-state index in [2.05, 4.69) is 5.32 Å². The van der Waals surface area contributed by atoms with Gasteiger partial charge in [-0.05, 0) is 6.92 Å². The molecule has 0 heterocycles. The molecule has 1 atom stereocenters. The lowest BCUT2D eigenvalue weighted by molar-refractivity contribution is -0.118. The molecule has 6 heteroatoms. The second-order valence-electron chi connectivity index (χ2n) is 3.02. The Morgan fingerprint density at radius 1 is 1.33 bits per heavy atom. The van der Waals surface area contributed by atoms with E-state index in [4.69, 9.17) is 5.73 Å². The van der Waals surface area contributed by atoms with Crippen LogP contribution in [0.5, 0.6) is 0 Å². The highest BCUT2D eigenvalue weighted by Gasteiger charge is 2.13. The zero-order valence-electron chi connectivity index (χ0n) is 7.85. The smallest absolute Gasteiger partial charge is 0.239 e. The fourth-order valence-electron chi connectivity index (χ4n) is 0.960. The first kappa shape index (κ1) is 11.4. The van der Waals surface area contributed by atoms with E-state index in [1.165, 1.54) is 6.92 Å². The quantitative estimate of drug-likeness (QED) is 0.753. The van der Waals surface area contributed by atoms with Gasteiger partial charge in [-0.3, -0.25) is 4.79 Å². The molecule has 1 rings (SSSR count). The minimum atomic E-state index is -1.55. The maximum atomic E-state index is 12.7. The van der Waals surface area contributed by atoms with Gasteiger partial charge in [-0.1, -0.05) is 0 Å². The third kappa shape index (κ3) is 2.61. The molecule has 0 saturated carbocycles. The molecule has 0 aliphatic rings. The third-order valence-corrected chi connectivity index (χ3v) is 1.79. The Hall–Kier alpha value is -1.72. The molecule has 0 unspecified atom stereocenters. The Balaban J connectivity index is 2.92. The van der Waals surface area contributed by atoms with Crippen molar-refractivity contribution in [1.29, 1.82) is 0 Å². The molecule has 0 fully saturated rings. The minimum Gasteiger partial charge on any atom is -0.374 e. The van der Waals surface area contributed by atoms with Crippen LogP contribution < -0.4 is 11.1 Å². The molecule has 1 aromatic carbocycles. The molecule has 3 nitrogen and oxygen atoms in total. The molecule has 0 spiro atoms. The number of nitrogens with one attached hydrogen (secondary N) is 1. The second-order valence-corrected chi connectivity index (χ2v) is 3.02. The molecule has 0 saturated heterocycles. The number of primary amides is 1. The fraction of sp³-hybridized carbons (Fsp3) is 0.222. The van der Waals surface area contributed by atoms with Crippen molar-refractivity contribution in [2.45, 2.75) is 13.0 Å². The summed E-state index contributed by atoms with van der Waals surface area (Å²) in [6.45, 7) is 1.42. The molecule has 1 aromatic rings. The standard InChI is InChI=1S/C9H9F3N2O/c1-4(9(13)15)14-5-2-6(10)8(12)7(11)3-5/h2-4,14H,1H3,(H2,13,15)/t4-/m1/s1. The average molecular weight is 218 g/mol. The monoisotopic (exact) mass is 218 g/mol. The van der Waals surface area contributed by atoms with E-state index < -0.39 is 29.4 Å². The zero-order chi connectivity index (χ0) is 11.6. The average Bonchev–Trinajstić information content (AvgIpc) is 2.13. The summed E-state index contributed by atoms with van der Waals surface area (Å²) in [4.78, 5) is 10.6. The first-order valence-electron chi connectivity index (χ1n) is 4.12. The summed E-state index contributed by atoms with van der Waals surface area (Å²) in [7, 11) is 0. The molecule has 82 valence electrons. The van der Waals surface area contributed by atoms with Gasteiger partial charge in [-0.25, -0.2) is 13.2 Å². The lowest BCUT2D eigenvalue weighted by atomic mass is 10.2. The molecule has 0 radical (unpaired) electrons. The molecule has 0 aliphatic carbocycles. The molecule has 3 N–H and O–H groups in total. The van der Waals surface area contributed by atoms with Gasteiger partial charge in [0.1, 0.15) is 6.04 Å². The van der Waals surface area contributed by atoms with E-state index in [9.17, 15) is 18.0 Å². The van der Waals surface area contributed by atoms with E-state index in [-0.39, 0.29) is 5.69 Å². The highest BCUT2D eigenvalue weighted by Crippen LogP contribution is 2.17. The number of rotatable bonds is 3. The molecule has 0 aromatic heterocycles. The number of nitrogens with two attached hydrogens (primary N) is 1. The SMILES string of the molecule is C[C@@H](Nc1cc(F)c(F)c(F)c1)C(N)=O. The van der Waals surface area contributed by atoms with Crippen LogP contribution in [0.1, 0.15) is 6.92 Å². The first-order chi connectivity index (χ1) is 6.91. The molecule has 0 aliphatic heterocycles. The van der Waals surface area contributed by atoms with Crippen LogP contribution >= 0.6 is 0 Å². The van der Waals surface area contributed by atoms with Gasteiger partial charge in [-0.2, -0.15) is 0 Å². The van der Waals surface area contributed by atoms with Crippen LogP contribution in [0.2, 0.25) is 0 Å². The Morgan fingerprint density at radius 3 is 2.20 bits per heavy atom. The van der Waals surface area contributed by atoms with Gasteiger partial charge in [0, 0.05) is 17.8 Å². The van der Waals surface area contributed by atoms with E-state index >= 15 is 0 Å². The Kier molecular flexibility index (Phi) is 3.18. The van der Waals surface area contributed by atoms with Crippen molar-refractivity contribution in [3.63, 3.8) is 0 Å². The topological polar surface area (TPSA) is 55.1 Å². The molecule has 15 heavy (non-hydrogen) atoms. The number of halogens is 3. The van der Waals surface area contributed by atoms with Crippen molar-refractivity contribution >= 4 is 11.6 Å². The van der Waals surface area contributed by atoms with Crippen molar-refractivity contribution < 1.29 is 18.0 Å². The Morgan fingerprint density at radius 2 is 1.80 bits per heavy atom. The summed E-state index contributed by atoms with van der Waals surface area (Å²) in [5, 5.41) is 2.43. The second kappa shape index (κ2) is 4.20. The normalized spacial score (nSPS) is 12.3. The number of carbonyl (C=O) groups is 1. The maximum absolute atomic E-state index is 12.7. The summed E-state index contributed by atoms with van der Waals surface area (Å²) >= 11 is 0. The first-order valence-corrected chi connectivity index (χ1v) is 4.12. The minimum absolute atomic E-state index is 0.0438. The van der Waals surface area contributed by atoms with E-state index in [0.717, 1.165) is 12.1 Å². The summed E-state index contributed by atoms with van der Waals surface area (Å²) in [6.07, 6.45) is 0. The van der Waals surface area contributed by atoms with Crippen LogP contribution in [-0.4, -0.2) is 11.9 Å². The Labute approximate surface area is 84.1 Å². The number of amides is 1. The lowest BCUT2D eigenvalue weighted by Crippen LogP contribution is -2.32. The third-order valence-electron chi connectivity index (χ3n) is 1.79. The fourth-order valence-corrected chi connectivity index (χ4v) is 0.960. The zero-order valence-corrected chi connectivity index (χ0v) is 7.85. The van der Waals surface area contributed by atoms with E-state index in [1.807, 2.05) is 0 Å². The number of benzene rings is 1. The van der Waals surface area contributed by atoms with Crippen molar-refractivity contribution in [3.05, 3.63) is 29.6 Å². The summed E-state index contributed by atoms with van der Waals surface area (Å²) in [5.41, 5.74) is 4.88. The molecule has 1 amide bonds. The summed E-state index contributed by atoms with van der Waals surface area (Å²) < 4.78 is 38.0. The predicted octanol–water partition coefficient (Wildman–Crippen LogP) is 1.39. The van der Waals surface area contributed by atoms with Crippen LogP contribution in [0.25, 0.3) is 0 Å². The van der Waals surface area contributed by atoms with Gasteiger partial charge in [0.2, 0.25) is 5.91 Å². The van der Waals surface area contributed by atoms with Gasteiger partial charge in [0.15, 0.2) is 17.5 Å². The van der Waals surface area contributed by atoms with Crippen LogP contribution in [0, 0.1) is 17.5 Å². The van der Waals surface area contributed by atoms with Crippen LogP contribution in [0.4, 0.5) is 18.9 Å². The molecular formula is C9H9F3N2O. The maximum Gasteiger partial charge on any atom is 0.239 e. The van der Waals surface area contributed by atoms with E-state index in [1.54, 1.807) is 0 Å². The van der Waals surface area contributed by atoms with Gasteiger partial charge >= 0.3 is 0 Å². The number of anilines is 1.